The summed E-state index contributed by atoms with van der Waals surface area (Å²) in [6.07, 6.45) is 0.547. The van der Waals surface area contributed by atoms with E-state index in [0.29, 0.717) is 13.1 Å². The van der Waals surface area contributed by atoms with E-state index in [9.17, 15) is 4.79 Å². The summed E-state index contributed by atoms with van der Waals surface area (Å²) in [4.78, 5) is 14.4. The Kier molecular flexibility index (Phi) is 4.35. The molecule has 2 aromatic carbocycles. The highest BCUT2D eigenvalue weighted by Gasteiger charge is 2.33. The van der Waals surface area contributed by atoms with Crippen LogP contribution in [0, 0.1) is 0 Å². The zero-order valence-electron chi connectivity index (χ0n) is 16.2. The molecule has 2 N–H and O–H groups in total. The van der Waals surface area contributed by atoms with Crippen LogP contribution in [0.25, 0.3) is 21.8 Å². The molecule has 5 heteroatoms. The van der Waals surface area contributed by atoms with Crippen LogP contribution in [0.5, 0.6) is 0 Å². The van der Waals surface area contributed by atoms with Gasteiger partial charge in [-0.05, 0) is 39.3 Å². The van der Waals surface area contributed by atoms with Crippen molar-refractivity contribution in [2.24, 2.45) is 5.73 Å². The summed E-state index contributed by atoms with van der Waals surface area (Å²) in [5.74, 6) is 0. The first kappa shape index (κ1) is 17.9. The molecule has 2 unspecified atom stereocenters. The number of ether oxygens (including phenoxy) is 1. The maximum Gasteiger partial charge on any atom is 0.410 e. The fourth-order valence-corrected chi connectivity index (χ4v) is 4.12. The van der Waals surface area contributed by atoms with E-state index in [1.54, 1.807) is 4.90 Å². The van der Waals surface area contributed by atoms with Crippen LogP contribution >= 0.6 is 0 Å². The zero-order chi connectivity index (χ0) is 19.2. The summed E-state index contributed by atoms with van der Waals surface area (Å²) < 4.78 is 7.94. The predicted octanol–water partition coefficient (Wildman–Crippen LogP) is 4.30. The van der Waals surface area contributed by atoms with Gasteiger partial charge in [0, 0.05) is 40.9 Å². The third-order valence-corrected chi connectivity index (χ3v) is 5.10. The Balaban J connectivity index is 1.75. The molecule has 2 heterocycles. The molecule has 2 atom stereocenters. The summed E-state index contributed by atoms with van der Waals surface area (Å²) in [6, 6.07) is 16.9. The fraction of sp³-hybridized carbons (Fsp3) is 0.409. The SMILES string of the molecule is CC(C)(C)OC(=O)N1CC(N)CC(n2c3ccccc3c3ccccc32)C1. The number of fused-ring (bicyclic) bond motifs is 3. The van der Waals surface area contributed by atoms with Crippen LogP contribution in [0.3, 0.4) is 0 Å². The summed E-state index contributed by atoms with van der Waals surface area (Å²) in [5.41, 5.74) is 8.20. The topological polar surface area (TPSA) is 60.5 Å². The smallest absolute Gasteiger partial charge is 0.410 e. The number of aromatic nitrogens is 1. The number of nitrogens with two attached hydrogens (primary N) is 1. The third-order valence-electron chi connectivity index (χ3n) is 5.10. The zero-order valence-corrected chi connectivity index (χ0v) is 16.2. The lowest BCUT2D eigenvalue weighted by molar-refractivity contribution is 0.0156. The van der Waals surface area contributed by atoms with E-state index in [1.165, 1.54) is 21.8 Å². The van der Waals surface area contributed by atoms with Crippen LogP contribution in [-0.4, -0.2) is 40.3 Å². The van der Waals surface area contributed by atoms with Gasteiger partial charge in [0.1, 0.15) is 5.60 Å². The summed E-state index contributed by atoms with van der Waals surface area (Å²) in [5, 5.41) is 2.46. The van der Waals surface area contributed by atoms with E-state index < -0.39 is 5.60 Å². The van der Waals surface area contributed by atoms with Gasteiger partial charge >= 0.3 is 6.09 Å². The average molecular weight is 365 g/mol. The van der Waals surface area contributed by atoms with E-state index in [0.717, 1.165) is 6.42 Å². The second-order valence-corrected chi connectivity index (χ2v) is 8.44. The lowest BCUT2D eigenvalue weighted by Gasteiger charge is -2.38. The Morgan fingerprint density at radius 3 is 2.11 bits per heavy atom. The molecule has 0 radical (unpaired) electrons. The molecular formula is C22H27N3O2. The normalized spacial score (nSPS) is 21.0. The van der Waals surface area contributed by atoms with Crippen LogP contribution in [0.15, 0.2) is 48.5 Å². The number of piperidine rings is 1. The molecule has 142 valence electrons. The highest BCUT2D eigenvalue weighted by Crippen LogP contribution is 2.34. The Hall–Kier alpha value is -2.53. The number of hydrogen-bond acceptors (Lipinski definition) is 3. The molecule has 0 bridgehead atoms. The van der Waals surface area contributed by atoms with Crippen molar-refractivity contribution in [3.05, 3.63) is 48.5 Å². The van der Waals surface area contributed by atoms with Crippen molar-refractivity contribution in [2.45, 2.75) is 44.9 Å². The van der Waals surface area contributed by atoms with Crippen molar-refractivity contribution < 1.29 is 9.53 Å². The molecule has 0 saturated carbocycles. The van der Waals surface area contributed by atoms with Crippen molar-refractivity contribution in [1.29, 1.82) is 0 Å². The summed E-state index contributed by atoms with van der Waals surface area (Å²) >= 11 is 0. The van der Waals surface area contributed by atoms with Gasteiger partial charge in [0.15, 0.2) is 0 Å². The van der Waals surface area contributed by atoms with Gasteiger partial charge in [0.25, 0.3) is 0 Å². The van der Waals surface area contributed by atoms with Gasteiger partial charge in [-0.25, -0.2) is 4.79 Å². The monoisotopic (exact) mass is 365 g/mol. The molecule has 1 saturated heterocycles. The minimum Gasteiger partial charge on any atom is -0.444 e. The molecule has 27 heavy (non-hydrogen) atoms. The molecule has 5 nitrogen and oxygen atoms in total. The lowest BCUT2D eigenvalue weighted by atomic mass is 10.0. The summed E-state index contributed by atoms with van der Waals surface area (Å²) in [7, 11) is 0. The van der Waals surface area contributed by atoms with Crippen LogP contribution in [0.4, 0.5) is 4.79 Å². The predicted molar refractivity (Wildman–Crippen MR) is 109 cm³/mol. The van der Waals surface area contributed by atoms with Crippen molar-refractivity contribution in [3.63, 3.8) is 0 Å². The number of nitrogens with zero attached hydrogens (tertiary/aromatic N) is 2. The molecular weight excluding hydrogens is 338 g/mol. The van der Waals surface area contributed by atoms with E-state index in [4.69, 9.17) is 10.5 Å². The van der Waals surface area contributed by atoms with Gasteiger partial charge in [-0.1, -0.05) is 36.4 Å². The highest BCUT2D eigenvalue weighted by molar-refractivity contribution is 6.08. The van der Waals surface area contributed by atoms with Gasteiger partial charge in [-0.15, -0.1) is 0 Å². The van der Waals surface area contributed by atoms with Crippen LogP contribution in [-0.2, 0) is 4.74 Å². The maximum atomic E-state index is 12.6. The fourth-order valence-electron chi connectivity index (χ4n) is 4.12. The Labute approximate surface area is 159 Å². The van der Waals surface area contributed by atoms with E-state index in [1.807, 2.05) is 20.8 Å². The first-order chi connectivity index (χ1) is 12.8. The Morgan fingerprint density at radius 1 is 1.00 bits per heavy atom. The minimum atomic E-state index is -0.513. The van der Waals surface area contributed by atoms with E-state index in [-0.39, 0.29) is 18.2 Å². The molecule has 1 aliphatic heterocycles. The van der Waals surface area contributed by atoms with E-state index in [2.05, 4.69) is 53.1 Å². The first-order valence-corrected chi connectivity index (χ1v) is 9.54. The second kappa shape index (κ2) is 6.57. The number of rotatable bonds is 1. The standard InChI is InChI=1S/C22H27N3O2/c1-22(2,3)27-21(26)24-13-15(23)12-16(14-24)25-19-10-6-4-8-17(19)18-9-5-7-11-20(18)25/h4-11,15-16H,12-14,23H2,1-3H3. The van der Waals surface area contributed by atoms with Gasteiger partial charge in [0.05, 0.1) is 6.04 Å². The molecule has 1 amide bonds. The van der Waals surface area contributed by atoms with Gasteiger partial charge in [0.2, 0.25) is 0 Å². The molecule has 1 aromatic heterocycles. The van der Waals surface area contributed by atoms with Crippen LogP contribution in [0.2, 0.25) is 0 Å². The molecule has 4 rings (SSSR count). The first-order valence-electron chi connectivity index (χ1n) is 9.54. The summed E-state index contributed by atoms with van der Waals surface area (Å²) in [6.45, 7) is 6.80. The Bertz CT molecular complexity index is 933. The number of amides is 1. The van der Waals surface area contributed by atoms with Gasteiger partial charge in [-0.3, -0.25) is 0 Å². The van der Waals surface area contributed by atoms with Crippen molar-refractivity contribution in [1.82, 2.24) is 9.47 Å². The van der Waals surface area contributed by atoms with Crippen LogP contribution < -0.4 is 5.73 Å². The molecule has 1 fully saturated rings. The van der Waals surface area contributed by atoms with Gasteiger partial charge in [-0.2, -0.15) is 0 Å². The van der Waals surface area contributed by atoms with Crippen LogP contribution in [0.1, 0.15) is 33.2 Å². The van der Waals surface area contributed by atoms with Crippen molar-refractivity contribution >= 4 is 27.9 Å². The number of carbonyl (C=O) groups is 1. The molecule has 1 aliphatic rings. The molecule has 0 aliphatic carbocycles. The second-order valence-electron chi connectivity index (χ2n) is 8.44. The number of carbonyl (C=O) groups excluding carboxylic acids is 1. The van der Waals surface area contributed by atoms with Crippen molar-refractivity contribution in [2.75, 3.05) is 13.1 Å². The number of para-hydroxylation sites is 2. The largest absolute Gasteiger partial charge is 0.444 e. The molecule has 3 aromatic rings. The number of benzene rings is 2. The van der Waals surface area contributed by atoms with Gasteiger partial charge < -0.3 is 19.9 Å². The quantitative estimate of drug-likeness (QED) is 0.699. The lowest BCUT2D eigenvalue weighted by Crippen LogP contribution is -2.51. The number of likely N-dealkylation sites (tertiary alicyclic amines) is 1. The third kappa shape index (κ3) is 3.39. The van der Waals surface area contributed by atoms with Crippen molar-refractivity contribution in [3.8, 4) is 0 Å². The highest BCUT2D eigenvalue weighted by atomic mass is 16.6. The molecule has 0 spiro atoms. The maximum absolute atomic E-state index is 12.6. The number of hydrogen-bond donors (Lipinski definition) is 1. The average Bonchev–Trinajstić information content (AvgIpc) is 2.94. The minimum absolute atomic E-state index is 0.0730. The Morgan fingerprint density at radius 2 is 1.56 bits per heavy atom. The van der Waals surface area contributed by atoms with E-state index >= 15 is 0 Å².